The topological polar surface area (TPSA) is 64.3 Å². The Bertz CT molecular complexity index is 478. The molecule has 0 aromatic heterocycles. The number of anilines is 1. The van der Waals surface area contributed by atoms with Crippen molar-refractivity contribution >= 4 is 11.6 Å². The van der Waals surface area contributed by atoms with Gasteiger partial charge in [0.15, 0.2) is 0 Å². The van der Waals surface area contributed by atoms with Gasteiger partial charge in [0.1, 0.15) is 5.82 Å². The Hall–Kier alpha value is -1.62. The lowest BCUT2D eigenvalue weighted by Gasteiger charge is -2.28. The van der Waals surface area contributed by atoms with Crippen LogP contribution < -0.4 is 11.1 Å². The highest BCUT2D eigenvalue weighted by Gasteiger charge is 2.38. The van der Waals surface area contributed by atoms with Crippen LogP contribution in [0.5, 0.6) is 0 Å². The van der Waals surface area contributed by atoms with Crippen molar-refractivity contribution in [3.63, 3.8) is 0 Å². The first-order chi connectivity index (χ1) is 8.42. The van der Waals surface area contributed by atoms with Gasteiger partial charge in [0, 0.05) is 12.3 Å². The first-order valence-corrected chi connectivity index (χ1v) is 5.91. The van der Waals surface area contributed by atoms with Crippen LogP contribution >= 0.6 is 0 Å². The van der Waals surface area contributed by atoms with Crippen LogP contribution in [0.4, 0.5) is 10.1 Å². The van der Waals surface area contributed by atoms with E-state index in [0.717, 1.165) is 12.5 Å². The number of nitrogens with two attached hydrogens (primary N) is 1. The number of ether oxygens (including phenoxy) is 1. The molecule has 0 saturated carbocycles. The quantitative estimate of drug-likeness (QED) is 0.787. The summed E-state index contributed by atoms with van der Waals surface area (Å²) < 4.78 is 19.1. The molecule has 1 aliphatic heterocycles. The summed E-state index contributed by atoms with van der Waals surface area (Å²) in [6.45, 7) is 4.40. The van der Waals surface area contributed by atoms with E-state index in [4.69, 9.17) is 10.5 Å². The van der Waals surface area contributed by atoms with Crippen LogP contribution in [0.2, 0.25) is 0 Å². The molecule has 1 saturated heterocycles. The van der Waals surface area contributed by atoms with Gasteiger partial charge in [0.05, 0.1) is 17.2 Å². The molecule has 2 unspecified atom stereocenters. The molecule has 0 aliphatic carbocycles. The molecule has 0 spiro atoms. The summed E-state index contributed by atoms with van der Waals surface area (Å²) in [4.78, 5) is 12.0. The van der Waals surface area contributed by atoms with E-state index in [1.807, 2.05) is 13.8 Å². The number of rotatable bonds is 2. The Morgan fingerprint density at radius 1 is 1.61 bits per heavy atom. The molecule has 1 aromatic rings. The van der Waals surface area contributed by atoms with Gasteiger partial charge in [0.2, 0.25) is 0 Å². The molecule has 3 N–H and O–H groups in total. The van der Waals surface area contributed by atoms with Crippen molar-refractivity contribution in [1.29, 1.82) is 0 Å². The third kappa shape index (κ3) is 2.31. The van der Waals surface area contributed by atoms with Crippen molar-refractivity contribution in [2.24, 2.45) is 0 Å². The minimum Gasteiger partial charge on any atom is -0.399 e. The van der Waals surface area contributed by atoms with Crippen LogP contribution in [0.1, 0.15) is 30.6 Å². The summed E-state index contributed by atoms with van der Waals surface area (Å²) >= 11 is 0. The van der Waals surface area contributed by atoms with Crippen molar-refractivity contribution in [3.05, 3.63) is 29.6 Å². The molecule has 1 fully saturated rings. The number of carbonyl (C=O) groups excluding carboxylic acids is 1. The Labute approximate surface area is 105 Å². The molecular formula is C13H17FN2O2. The van der Waals surface area contributed by atoms with E-state index in [0.29, 0.717) is 12.3 Å². The highest BCUT2D eigenvalue weighted by Crippen LogP contribution is 2.25. The zero-order valence-corrected chi connectivity index (χ0v) is 10.5. The molecule has 1 heterocycles. The maximum Gasteiger partial charge on any atom is 0.254 e. The zero-order valence-electron chi connectivity index (χ0n) is 10.5. The fourth-order valence-corrected chi connectivity index (χ4v) is 2.04. The van der Waals surface area contributed by atoms with Crippen molar-refractivity contribution in [3.8, 4) is 0 Å². The number of carbonyl (C=O) groups is 1. The number of nitrogens with one attached hydrogen (secondary N) is 1. The second-order valence-electron chi connectivity index (χ2n) is 4.87. The Balaban J connectivity index is 2.17. The number of nitrogen functional groups attached to an aromatic ring is 1. The van der Waals surface area contributed by atoms with Gasteiger partial charge < -0.3 is 15.8 Å². The minimum absolute atomic E-state index is 0.00419. The summed E-state index contributed by atoms with van der Waals surface area (Å²) in [5, 5.41) is 2.84. The van der Waals surface area contributed by atoms with E-state index < -0.39 is 17.3 Å². The maximum atomic E-state index is 13.6. The molecule has 1 amide bonds. The molecule has 1 aromatic carbocycles. The van der Waals surface area contributed by atoms with E-state index in [9.17, 15) is 9.18 Å². The van der Waals surface area contributed by atoms with E-state index in [1.165, 1.54) is 12.1 Å². The standard InChI is InChI=1S/C13H17FN2O2/c1-8-13(2,5-6-18-8)16-12(17)10-4-3-9(15)7-11(10)14/h3-4,7-8H,5-6,15H2,1-2H3,(H,16,17). The lowest BCUT2D eigenvalue weighted by molar-refractivity contribution is 0.0725. The predicted molar refractivity (Wildman–Crippen MR) is 66.7 cm³/mol. The van der Waals surface area contributed by atoms with Crippen LogP contribution in [-0.2, 0) is 4.74 Å². The van der Waals surface area contributed by atoms with Gasteiger partial charge >= 0.3 is 0 Å². The van der Waals surface area contributed by atoms with Crippen molar-refractivity contribution in [1.82, 2.24) is 5.32 Å². The molecule has 5 heteroatoms. The largest absolute Gasteiger partial charge is 0.399 e. The first kappa shape index (κ1) is 12.8. The van der Waals surface area contributed by atoms with Gasteiger partial charge in [-0.2, -0.15) is 0 Å². The molecule has 0 bridgehead atoms. The molecule has 18 heavy (non-hydrogen) atoms. The van der Waals surface area contributed by atoms with Crippen LogP contribution in [0.3, 0.4) is 0 Å². The Kier molecular flexibility index (Phi) is 3.26. The van der Waals surface area contributed by atoms with Crippen molar-refractivity contribution in [2.45, 2.75) is 31.9 Å². The molecule has 2 atom stereocenters. The van der Waals surface area contributed by atoms with Gasteiger partial charge in [-0.1, -0.05) is 0 Å². The number of hydrogen-bond donors (Lipinski definition) is 2. The summed E-state index contributed by atoms with van der Waals surface area (Å²) in [5.41, 5.74) is 5.30. The summed E-state index contributed by atoms with van der Waals surface area (Å²) in [6.07, 6.45) is 0.634. The van der Waals surface area contributed by atoms with E-state index >= 15 is 0 Å². The van der Waals surface area contributed by atoms with Gasteiger partial charge in [-0.25, -0.2) is 4.39 Å². The summed E-state index contributed by atoms with van der Waals surface area (Å²) in [6, 6.07) is 4.05. The smallest absolute Gasteiger partial charge is 0.254 e. The van der Waals surface area contributed by atoms with Gasteiger partial charge in [-0.15, -0.1) is 0 Å². The lowest BCUT2D eigenvalue weighted by atomic mass is 9.94. The first-order valence-electron chi connectivity index (χ1n) is 5.91. The number of benzene rings is 1. The summed E-state index contributed by atoms with van der Waals surface area (Å²) in [5.74, 6) is -1.05. The van der Waals surface area contributed by atoms with Gasteiger partial charge in [-0.05, 0) is 38.5 Å². The van der Waals surface area contributed by atoms with Gasteiger partial charge in [-0.3, -0.25) is 4.79 Å². The Morgan fingerprint density at radius 2 is 2.33 bits per heavy atom. The van der Waals surface area contributed by atoms with E-state index in [2.05, 4.69) is 5.32 Å². The molecule has 1 aliphatic rings. The predicted octanol–water partition coefficient (Wildman–Crippen LogP) is 1.71. The molecule has 98 valence electrons. The highest BCUT2D eigenvalue weighted by molar-refractivity contribution is 5.95. The van der Waals surface area contributed by atoms with Crippen LogP contribution in [0, 0.1) is 5.82 Å². The number of halogens is 1. The van der Waals surface area contributed by atoms with Gasteiger partial charge in [0.25, 0.3) is 5.91 Å². The summed E-state index contributed by atoms with van der Waals surface area (Å²) in [7, 11) is 0. The SMILES string of the molecule is CC1OCCC1(C)NC(=O)c1ccc(N)cc1F. The second-order valence-corrected chi connectivity index (χ2v) is 4.87. The fraction of sp³-hybridized carbons (Fsp3) is 0.462. The lowest BCUT2D eigenvalue weighted by Crippen LogP contribution is -2.50. The highest BCUT2D eigenvalue weighted by atomic mass is 19.1. The zero-order chi connectivity index (χ0) is 13.3. The maximum absolute atomic E-state index is 13.6. The van der Waals surface area contributed by atoms with Crippen molar-refractivity contribution in [2.75, 3.05) is 12.3 Å². The molecular weight excluding hydrogens is 235 g/mol. The van der Waals surface area contributed by atoms with Crippen LogP contribution in [0.25, 0.3) is 0 Å². The van der Waals surface area contributed by atoms with Crippen LogP contribution in [-0.4, -0.2) is 24.2 Å². The monoisotopic (exact) mass is 252 g/mol. The van der Waals surface area contributed by atoms with Crippen LogP contribution in [0.15, 0.2) is 18.2 Å². The molecule has 4 nitrogen and oxygen atoms in total. The van der Waals surface area contributed by atoms with E-state index in [-0.39, 0.29) is 11.7 Å². The molecule has 2 rings (SSSR count). The Morgan fingerprint density at radius 3 is 2.89 bits per heavy atom. The third-order valence-electron chi connectivity index (χ3n) is 3.52. The minimum atomic E-state index is -0.609. The van der Waals surface area contributed by atoms with E-state index in [1.54, 1.807) is 0 Å². The number of hydrogen-bond acceptors (Lipinski definition) is 3. The fourth-order valence-electron chi connectivity index (χ4n) is 2.04. The normalized spacial score (nSPS) is 27.2. The third-order valence-corrected chi connectivity index (χ3v) is 3.52. The molecule has 0 radical (unpaired) electrons. The average molecular weight is 252 g/mol. The number of amides is 1. The average Bonchev–Trinajstić information content (AvgIpc) is 2.58. The second kappa shape index (κ2) is 4.57. The van der Waals surface area contributed by atoms with Crippen molar-refractivity contribution < 1.29 is 13.9 Å².